The molecule has 2 saturated heterocycles. The number of aliphatic hydroxyl groups excluding tert-OH is 2. The fourth-order valence-electron chi connectivity index (χ4n) is 4.43. The van der Waals surface area contributed by atoms with Gasteiger partial charge in [-0.05, 0) is 6.92 Å². The number of nitrogens with zero attached hydrogens (tertiary/aromatic N) is 5. The Balaban J connectivity index is 1.22. The number of imidazole rings is 1. The van der Waals surface area contributed by atoms with E-state index in [-0.39, 0.29) is 24.2 Å². The van der Waals surface area contributed by atoms with Gasteiger partial charge in [-0.25, -0.2) is 24.3 Å². The number of aromatic amines is 1. The van der Waals surface area contributed by atoms with Crippen LogP contribution in [0.25, 0.3) is 11.2 Å². The van der Waals surface area contributed by atoms with Gasteiger partial charge in [0.1, 0.15) is 42.6 Å². The van der Waals surface area contributed by atoms with Crippen LogP contribution < -0.4 is 17.0 Å². The molecule has 3 unspecified atom stereocenters. The summed E-state index contributed by atoms with van der Waals surface area (Å²) in [6, 6.07) is 0. The smallest absolute Gasteiger partial charge is 0.394 e. The van der Waals surface area contributed by atoms with E-state index in [1.165, 1.54) is 25.8 Å². The molecule has 6 N–H and O–H groups in total. The molecule has 5 heterocycles. The molecule has 0 aliphatic carbocycles. The molecule has 3 aromatic rings. The van der Waals surface area contributed by atoms with Crippen LogP contribution in [0.15, 0.2) is 28.4 Å². The predicted octanol–water partition coefficient (Wildman–Crippen LogP) is -1.30. The van der Waals surface area contributed by atoms with Gasteiger partial charge in [0.2, 0.25) is 0 Å². The summed E-state index contributed by atoms with van der Waals surface area (Å²) in [5.41, 5.74) is 5.55. The van der Waals surface area contributed by atoms with Gasteiger partial charge in [-0.3, -0.25) is 28.0 Å². The van der Waals surface area contributed by atoms with E-state index in [1.54, 1.807) is 4.57 Å². The SMILES string of the molecule is Cc1cn([C@H]2CC(O)[C@@H](COP(=O)(O)OC3C[C@H](n4cnc5c(N)ncnc54)O[C@@H]3CO)O2)c(=O)[nH]c1=O. The number of rotatable bonds is 8. The molecule has 0 spiro atoms. The molecule has 38 heavy (non-hydrogen) atoms. The Bertz CT molecular complexity index is 1490. The number of phosphoric ester groups is 1. The van der Waals surface area contributed by atoms with E-state index in [9.17, 15) is 29.3 Å². The maximum absolute atomic E-state index is 12.7. The number of fused-ring (bicyclic) bond motifs is 1. The van der Waals surface area contributed by atoms with E-state index in [0.717, 1.165) is 4.57 Å². The van der Waals surface area contributed by atoms with Crippen molar-refractivity contribution in [3.05, 3.63) is 45.3 Å². The molecule has 17 nitrogen and oxygen atoms in total. The Kier molecular flexibility index (Phi) is 7.19. The van der Waals surface area contributed by atoms with E-state index < -0.39 is 69.2 Å². The molecule has 2 aliphatic heterocycles. The summed E-state index contributed by atoms with van der Waals surface area (Å²) >= 11 is 0. The van der Waals surface area contributed by atoms with Crippen LogP contribution in [-0.2, 0) is 23.1 Å². The Morgan fingerprint density at radius 2 is 1.92 bits per heavy atom. The van der Waals surface area contributed by atoms with Crippen LogP contribution in [0.4, 0.5) is 5.82 Å². The topological polar surface area (TPSA) is 239 Å². The van der Waals surface area contributed by atoms with Crippen molar-refractivity contribution in [3.8, 4) is 0 Å². The van der Waals surface area contributed by atoms with Gasteiger partial charge in [0.15, 0.2) is 11.5 Å². The number of nitrogens with one attached hydrogen (secondary N) is 1. The zero-order valence-corrected chi connectivity index (χ0v) is 20.9. The molecule has 2 aliphatic rings. The number of aryl methyl sites for hydroxylation is 1. The highest BCUT2D eigenvalue weighted by Crippen LogP contribution is 2.49. The van der Waals surface area contributed by atoms with E-state index in [0.29, 0.717) is 11.2 Å². The number of hydrogen-bond acceptors (Lipinski definition) is 13. The molecular formula is C20H26N7O10P. The van der Waals surface area contributed by atoms with Crippen molar-refractivity contribution in [1.82, 2.24) is 29.1 Å². The van der Waals surface area contributed by atoms with Gasteiger partial charge in [0, 0.05) is 24.6 Å². The molecule has 7 atom stereocenters. The predicted molar refractivity (Wildman–Crippen MR) is 127 cm³/mol. The Morgan fingerprint density at radius 1 is 1.18 bits per heavy atom. The van der Waals surface area contributed by atoms with Gasteiger partial charge in [0.05, 0.1) is 25.6 Å². The molecule has 18 heteroatoms. The van der Waals surface area contributed by atoms with Gasteiger partial charge in [-0.2, -0.15) is 0 Å². The standard InChI is InChI=1S/C20H26N7O10P/c1-9-4-26(20(31)25-19(9)30)14-2-10(29)13(36-14)6-34-38(32,33)37-11-3-15(35-12(11)5-28)27-8-24-16-17(21)22-7-23-18(16)27/h4,7-8,10-15,28-29H,2-3,5-6H2,1H3,(H,32,33)(H2,21,22,23)(H,25,30,31)/t10?,11?,12-,13-,14-,15-/m1/s1. The molecule has 5 rings (SSSR count). The first-order valence-corrected chi connectivity index (χ1v) is 13.1. The summed E-state index contributed by atoms with van der Waals surface area (Å²) in [5, 5.41) is 20.1. The van der Waals surface area contributed by atoms with Crippen LogP contribution in [-0.4, -0.2) is 81.8 Å². The summed E-state index contributed by atoms with van der Waals surface area (Å²) in [6.07, 6.45) is -1.84. The number of nitrogens with two attached hydrogens (primary N) is 1. The molecule has 0 saturated carbocycles. The van der Waals surface area contributed by atoms with E-state index >= 15 is 0 Å². The van der Waals surface area contributed by atoms with Crippen LogP contribution in [0.3, 0.4) is 0 Å². The Labute approximate surface area is 213 Å². The van der Waals surface area contributed by atoms with Crippen molar-refractivity contribution in [2.24, 2.45) is 0 Å². The van der Waals surface area contributed by atoms with Crippen LogP contribution in [0.2, 0.25) is 0 Å². The number of H-pyrrole nitrogens is 1. The maximum Gasteiger partial charge on any atom is 0.472 e. The molecule has 0 aromatic carbocycles. The second-order valence-corrected chi connectivity index (χ2v) is 10.4. The molecular weight excluding hydrogens is 529 g/mol. The average Bonchev–Trinajstić information content (AvgIpc) is 3.57. The quantitative estimate of drug-likeness (QED) is 0.203. The first kappa shape index (κ1) is 26.6. The summed E-state index contributed by atoms with van der Waals surface area (Å²) < 4.78 is 37.2. The average molecular weight is 555 g/mol. The van der Waals surface area contributed by atoms with E-state index in [2.05, 4.69) is 19.9 Å². The van der Waals surface area contributed by atoms with E-state index in [4.69, 9.17) is 24.3 Å². The zero-order chi connectivity index (χ0) is 27.2. The van der Waals surface area contributed by atoms with Crippen LogP contribution in [0.5, 0.6) is 0 Å². The van der Waals surface area contributed by atoms with Gasteiger partial charge in [0.25, 0.3) is 5.56 Å². The number of anilines is 1. The fourth-order valence-corrected chi connectivity index (χ4v) is 5.39. The van der Waals surface area contributed by atoms with Crippen molar-refractivity contribution in [2.75, 3.05) is 18.9 Å². The second kappa shape index (κ2) is 10.3. The summed E-state index contributed by atoms with van der Waals surface area (Å²) in [5.74, 6) is 0.172. The first-order valence-electron chi connectivity index (χ1n) is 11.6. The van der Waals surface area contributed by atoms with Crippen molar-refractivity contribution < 1.29 is 38.2 Å². The normalized spacial score (nSPS) is 29.2. The van der Waals surface area contributed by atoms with Crippen LogP contribution >= 0.6 is 7.82 Å². The number of hydrogen-bond donors (Lipinski definition) is 5. The van der Waals surface area contributed by atoms with Gasteiger partial charge >= 0.3 is 13.5 Å². The number of nitrogen functional groups attached to an aromatic ring is 1. The highest BCUT2D eigenvalue weighted by molar-refractivity contribution is 7.47. The van der Waals surface area contributed by atoms with Gasteiger partial charge in [-0.1, -0.05) is 0 Å². The molecule has 0 bridgehead atoms. The number of phosphoric acid groups is 1. The molecule has 2 fully saturated rings. The second-order valence-electron chi connectivity index (χ2n) is 8.95. The maximum atomic E-state index is 12.7. The summed E-state index contributed by atoms with van der Waals surface area (Å²) in [7, 11) is -4.71. The lowest BCUT2D eigenvalue weighted by atomic mass is 10.2. The molecule has 0 amide bonds. The molecule has 0 radical (unpaired) electrons. The van der Waals surface area contributed by atoms with Crippen LogP contribution in [0, 0.1) is 6.92 Å². The summed E-state index contributed by atoms with van der Waals surface area (Å²) in [4.78, 5) is 48.4. The lowest BCUT2D eigenvalue weighted by Gasteiger charge is -2.22. The van der Waals surface area contributed by atoms with Crippen LogP contribution in [0.1, 0.15) is 30.9 Å². The largest absolute Gasteiger partial charge is 0.472 e. The highest BCUT2D eigenvalue weighted by atomic mass is 31.2. The number of aromatic nitrogens is 6. The van der Waals surface area contributed by atoms with E-state index in [1.807, 2.05) is 0 Å². The Hall–Kier alpha value is -3.02. The number of aliphatic hydroxyl groups is 2. The third-order valence-corrected chi connectivity index (χ3v) is 7.40. The minimum Gasteiger partial charge on any atom is -0.394 e. The number of ether oxygens (including phenoxy) is 2. The summed E-state index contributed by atoms with van der Waals surface area (Å²) in [6.45, 7) is 0.464. The van der Waals surface area contributed by atoms with Gasteiger partial charge < -0.3 is 30.3 Å². The fraction of sp³-hybridized carbons (Fsp3) is 0.550. The zero-order valence-electron chi connectivity index (χ0n) is 20.0. The first-order chi connectivity index (χ1) is 18.1. The molecule has 3 aromatic heterocycles. The monoisotopic (exact) mass is 555 g/mol. The minimum absolute atomic E-state index is 0.0202. The minimum atomic E-state index is -4.71. The molecule has 206 valence electrons. The van der Waals surface area contributed by atoms with Crippen molar-refractivity contribution in [1.29, 1.82) is 0 Å². The Morgan fingerprint density at radius 3 is 2.68 bits per heavy atom. The third-order valence-electron chi connectivity index (χ3n) is 6.39. The lowest BCUT2D eigenvalue weighted by Crippen LogP contribution is -2.33. The highest BCUT2D eigenvalue weighted by Gasteiger charge is 2.43. The van der Waals surface area contributed by atoms with Crippen molar-refractivity contribution in [3.63, 3.8) is 0 Å². The van der Waals surface area contributed by atoms with Gasteiger partial charge in [-0.15, -0.1) is 0 Å². The third kappa shape index (κ3) is 5.14. The lowest BCUT2D eigenvalue weighted by molar-refractivity contribution is -0.0567. The van der Waals surface area contributed by atoms with Crippen molar-refractivity contribution in [2.45, 2.75) is 56.6 Å². The van der Waals surface area contributed by atoms with Crippen molar-refractivity contribution >= 4 is 24.8 Å².